The number of halogens is 4. The van der Waals surface area contributed by atoms with Crippen molar-refractivity contribution in [3.8, 4) is 11.5 Å². The molecule has 0 atom stereocenters. The monoisotopic (exact) mass is 301 g/mol. The summed E-state index contributed by atoms with van der Waals surface area (Å²) in [6.45, 7) is 0. The minimum atomic E-state index is -4.58. The van der Waals surface area contributed by atoms with Gasteiger partial charge in [-0.3, -0.25) is 0 Å². The fourth-order valence-electron chi connectivity index (χ4n) is 2.18. The predicted molar refractivity (Wildman–Crippen MR) is 64.4 cm³/mol. The molecule has 1 heterocycles. The van der Waals surface area contributed by atoms with Gasteiger partial charge in [-0.1, -0.05) is 5.16 Å². The van der Waals surface area contributed by atoms with Crippen molar-refractivity contribution in [1.82, 2.24) is 10.1 Å². The van der Waals surface area contributed by atoms with Gasteiger partial charge in [0.05, 0.1) is 16.7 Å². The number of nitrogens with zero attached hydrogens (tertiary/aromatic N) is 2. The molecule has 8 heteroatoms. The molecule has 112 valence electrons. The van der Waals surface area contributed by atoms with Crippen LogP contribution in [0.25, 0.3) is 11.5 Å². The van der Waals surface area contributed by atoms with Crippen LogP contribution in [0.15, 0.2) is 22.7 Å². The lowest BCUT2D eigenvalue weighted by atomic mass is 9.77. The van der Waals surface area contributed by atoms with Gasteiger partial charge in [0.1, 0.15) is 5.82 Å². The van der Waals surface area contributed by atoms with Gasteiger partial charge in [-0.2, -0.15) is 18.2 Å². The Bertz CT molecular complexity index is 676. The fraction of sp³-hybridized carbons (Fsp3) is 0.385. The maximum absolute atomic E-state index is 13.7. The lowest BCUT2D eigenvalue weighted by Crippen LogP contribution is -2.44. The summed E-state index contributed by atoms with van der Waals surface area (Å²) in [5.74, 6) is -0.969. The Balaban J connectivity index is 2.00. The Labute approximate surface area is 116 Å². The second-order valence-corrected chi connectivity index (χ2v) is 5.13. The van der Waals surface area contributed by atoms with Crippen molar-refractivity contribution < 1.29 is 22.1 Å². The summed E-state index contributed by atoms with van der Waals surface area (Å²) in [7, 11) is 0. The van der Waals surface area contributed by atoms with E-state index in [4.69, 9.17) is 10.3 Å². The molecule has 1 aromatic carbocycles. The van der Waals surface area contributed by atoms with Gasteiger partial charge in [0.25, 0.3) is 5.89 Å². The molecule has 0 radical (unpaired) electrons. The first kappa shape index (κ1) is 14.0. The second-order valence-electron chi connectivity index (χ2n) is 5.13. The third-order valence-electron chi connectivity index (χ3n) is 3.64. The maximum atomic E-state index is 13.7. The Morgan fingerprint density at radius 2 is 1.95 bits per heavy atom. The van der Waals surface area contributed by atoms with Crippen molar-refractivity contribution in [2.45, 2.75) is 31.0 Å². The number of aromatic nitrogens is 2. The molecule has 2 N–H and O–H groups in total. The minimum Gasteiger partial charge on any atom is -0.334 e. The zero-order chi connectivity index (χ0) is 15.3. The van der Waals surface area contributed by atoms with Crippen molar-refractivity contribution in [3.63, 3.8) is 0 Å². The third kappa shape index (κ3) is 2.39. The summed E-state index contributed by atoms with van der Waals surface area (Å²) >= 11 is 0. The molecule has 1 saturated carbocycles. The quantitative estimate of drug-likeness (QED) is 0.865. The van der Waals surface area contributed by atoms with Crippen LogP contribution >= 0.6 is 0 Å². The standard InChI is InChI=1S/C13H11F4N3O/c14-9-3-2-7(13(15,16)17)6-8(9)10-19-11(20-21-10)12(18)4-1-5-12/h2-3,6H,1,4-5,18H2. The van der Waals surface area contributed by atoms with Gasteiger partial charge < -0.3 is 10.3 Å². The molecule has 0 unspecified atom stereocenters. The van der Waals surface area contributed by atoms with Crippen molar-refractivity contribution in [2.75, 3.05) is 0 Å². The van der Waals surface area contributed by atoms with Crippen LogP contribution in [0.4, 0.5) is 17.6 Å². The zero-order valence-electron chi connectivity index (χ0n) is 10.7. The Kier molecular flexibility index (Phi) is 3.01. The van der Waals surface area contributed by atoms with Crippen molar-refractivity contribution >= 4 is 0 Å². The topological polar surface area (TPSA) is 64.9 Å². The molecular weight excluding hydrogens is 290 g/mol. The summed E-state index contributed by atoms with van der Waals surface area (Å²) in [6, 6.07) is 2.03. The van der Waals surface area contributed by atoms with E-state index in [0.29, 0.717) is 25.0 Å². The summed E-state index contributed by atoms with van der Waals surface area (Å²) in [5, 5.41) is 3.66. The average molecular weight is 301 g/mol. The average Bonchev–Trinajstić information content (AvgIpc) is 2.84. The molecule has 1 fully saturated rings. The second kappa shape index (κ2) is 4.52. The first-order chi connectivity index (χ1) is 9.79. The molecule has 0 bridgehead atoms. The molecule has 1 aliphatic carbocycles. The lowest BCUT2D eigenvalue weighted by Gasteiger charge is -2.34. The van der Waals surface area contributed by atoms with E-state index in [-0.39, 0.29) is 17.3 Å². The molecular formula is C13H11F4N3O. The predicted octanol–water partition coefficient (Wildman–Crippen LogP) is 3.23. The molecule has 3 rings (SSSR count). The van der Waals surface area contributed by atoms with E-state index >= 15 is 0 Å². The van der Waals surface area contributed by atoms with Gasteiger partial charge >= 0.3 is 6.18 Å². The van der Waals surface area contributed by atoms with Crippen molar-refractivity contribution in [1.29, 1.82) is 0 Å². The van der Waals surface area contributed by atoms with Crippen LogP contribution in [0.2, 0.25) is 0 Å². The van der Waals surface area contributed by atoms with Crippen LogP contribution in [0.3, 0.4) is 0 Å². The maximum Gasteiger partial charge on any atom is 0.416 e. The summed E-state index contributed by atoms with van der Waals surface area (Å²) < 4.78 is 56.6. The molecule has 0 aliphatic heterocycles. The number of alkyl halides is 3. The molecule has 0 spiro atoms. The largest absolute Gasteiger partial charge is 0.416 e. The molecule has 1 aromatic heterocycles. The van der Waals surface area contributed by atoms with Gasteiger partial charge in [-0.15, -0.1) is 0 Å². The van der Waals surface area contributed by atoms with E-state index in [0.717, 1.165) is 12.5 Å². The van der Waals surface area contributed by atoms with E-state index in [2.05, 4.69) is 10.1 Å². The van der Waals surface area contributed by atoms with Gasteiger partial charge in [0.15, 0.2) is 5.82 Å². The van der Waals surface area contributed by atoms with E-state index in [1.54, 1.807) is 0 Å². The van der Waals surface area contributed by atoms with Crippen LogP contribution in [0.5, 0.6) is 0 Å². The Morgan fingerprint density at radius 1 is 1.24 bits per heavy atom. The van der Waals surface area contributed by atoms with E-state index in [1.165, 1.54) is 0 Å². The first-order valence-electron chi connectivity index (χ1n) is 6.30. The number of hydrogen-bond acceptors (Lipinski definition) is 4. The molecule has 4 nitrogen and oxygen atoms in total. The molecule has 21 heavy (non-hydrogen) atoms. The van der Waals surface area contributed by atoms with Crippen LogP contribution in [0, 0.1) is 5.82 Å². The zero-order valence-corrected chi connectivity index (χ0v) is 10.7. The highest BCUT2D eigenvalue weighted by Gasteiger charge is 2.39. The number of benzene rings is 1. The Hall–Kier alpha value is -1.96. The van der Waals surface area contributed by atoms with Gasteiger partial charge in [0.2, 0.25) is 0 Å². The van der Waals surface area contributed by atoms with Gasteiger partial charge in [-0.05, 0) is 37.5 Å². The van der Waals surface area contributed by atoms with Crippen molar-refractivity contribution in [3.05, 3.63) is 35.4 Å². The first-order valence-corrected chi connectivity index (χ1v) is 6.30. The molecule has 0 amide bonds. The number of nitrogens with two attached hydrogens (primary N) is 1. The summed E-state index contributed by atoms with van der Waals surface area (Å²) in [4.78, 5) is 3.95. The van der Waals surface area contributed by atoms with E-state index in [9.17, 15) is 17.6 Å². The van der Waals surface area contributed by atoms with Crippen LogP contribution < -0.4 is 5.73 Å². The highest BCUT2D eigenvalue weighted by Crippen LogP contribution is 2.38. The van der Waals surface area contributed by atoms with E-state index in [1.807, 2.05) is 0 Å². The van der Waals surface area contributed by atoms with Crippen LogP contribution in [0.1, 0.15) is 30.7 Å². The molecule has 1 aliphatic rings. The Morgan fingerprint density at radius 3 is 2.52 bits per heavy atom. The lowest BCUT2D eigenvalue weighted by molar-refractivity contribution is -0.137. The van der Waals surface area contributed by atoms with E-state index < -0.39 is 23.1 Å². The number of rotatable bonds is 2. The third-order valence-corrected chi connectivity index (χ3v) is 3.64. The summed E-state index contributed by atoms with van der Waals surface area (Å²) in [6.07, 6.45) is -2.33. The number of hydrogen-bond donors (Lipinski definition) is 1. The molecule has 2 aromatic rings. The molecule has 0 saturated heterocycles. The minimum absolute atomic E-state index is 0.195. The fourth-order valence-corrected chi connectivity index (χ4v) is 2.18. The van der Waals surface area contributed by atoms with Gasteiger partial charge in [0, 0.05) is 0 Å². The summed E-state index contributed by atoms with van der Waals surface area (Å²) in [5.41, 5.74) is 3.91. The van der Waals surface area contributed by atoms with Crippen molar-refractivity contribution in [2.24, 2.45) is 5.73 Å². The van der Waals surface area contributed by atoms with Gasteiger partial charge in [-0.25, -0.2) is 4.39 Å². The smallest absolute Gasteiger partial charge is 0.334 e. The normalized spacial score (nSPS) is 17.6. The van der Waals surface area contributed by atoms with Crippen LogP contribution in [-0.2, 0) is 11.7 Å². The SMILES string of the molecule is NC1(c2noc(-c3cc(C(F)(F)F)ccc3F)n2)CCC1. The highest BCUT2D eigenvalue weighted by atomic mass is 19.4. The van der Waals surface area contributed by atoms with Crippen LogP contribution in [-0.4, -0.2) is 10.1 Å². The highest BCUT2D eigenvalue weighted by molar-refractivity contribution is 5.55.